The Hall–Kier alpha value is -3.16. The van der Waals surface area contributed by atoms with E-state index < -0.39 is 0 Å². The molecule has 0 atom stereocenters. The highest BCUT2D eigenvalue weighted by Gasteiger charge is 2.36. The number of thioether (sulfide) groups is 1. The van der Waals surface area contributed by atoms with Crippen LogP contribution in [0.1, 0.15) is 66.1 Å². The number of nitrogens with zero attached hydrogens (tertiary/aromatic N) is 2. The van der Waals surface area contributed by atoms with E-state index in [0.29, 0.717) is 32.9 Å². The van der Waals surface area contributed by atoms with E-state index in [0.717, 1.165) is 34.4 Å². The Labute approximate surface area is 231 Å². The summed E-state index contributed by atoms with van der Waals surface area (Å²) < 4.78 is 13.0. The molecule has 1 aromatic heterocycles. The highest BCUT2D eigenvalue weighted by molar-refractivity contribution is 8.18. The van der Waals surface area contributed by atoms with E-state index in [1.54, 1.807) is 12.1 Å². The number of amides is 2. The summed E-state index contributed by atoms with van der Waals surface area (Å²) in [6.45, 7) is 4.31. The molecule has 2 amide bonds. The Morgan fingerprint density at radius 3 is 2.45 bits per heavy atom. The SMILES string of the molecule is Cc1cc(/C=C2\SC(=O)N(Cc3cc4c(cc3Cl)OCO4)C2=O)c(C)n1-c1ccc(C2CCCCC2)cc1. The predicted octanol–water partition coefficient (Wildman–Crippen LogP) is 7.76. The number of aryl methyl sites for hydroxylation is 1. The Bertz CT molecular complexity index is 1450. The van der Waals surface area contributed by atoms with E-state index in [1.165, 1.54) is 42.6 Å². The standard InChI is InChI=1S/C30H29ClN2O4S/c1-18-12-22(19(2)33(18)24-10-8-21(9-11-24)20-6-4-3-5-7-20)14-28-29(34)32(30(35)38-28)16-23-13-26-27(15-25(23)31)37-17-36-26/h8-15,20H,3-7,16-17H2,1-2H3/b28-14-. The molecule has 0 spiro atoms. The summed E-state index contributed by atoms with van der Waals surface area (Å²) in [6.07, 6.45) is 8.37. The molecule has 3 aromatic rings. The second kappa shape index (κ2) is 10.2. The molecule has 6 nitrogen and oxygen atoms in total. The third-order valence-electron chi connectivity index (χ3n) is 7.73. The molecule has 0 radical (unpaired) electrons. The lowest BCUT2D eigenvalue weighted by Gasteiger charge is -2.22. The van der Waals surface area contributed by atoms with Gasteiger partial charge >= 0.3 is 0 Å². The number of aromatic nitrogens is 1. The zero-order chi connectivity index (χ0) is 26.4. The molecule has 3 aliphatic rings. The summed E-state index contributed by atoms with van der Waals surface area (Å²) in [7, 11) is 0. The Morgan fingerprint density at radius 2 is 1.71 bits per heavy atom. The van der Waals surface area contributed by atoms with Crippen LogP contribution in [0.3, 0.4) is 0 Å². The number of imide groups is 1. The molecule has 2 aromatic carbocycles. The first-order valence-corrected chi connectivity index (χ1v) is 14.2. The minimum absolute atomic E-state index is 0.0733. The first-order valence-electron chi connectivity index (χ1n) is 13.0. The van der Waals surface area contributed by atoms with Gasteiger partial charge in [0.05, 0.1) is 11.4 Å². The van der Waals surface area contributed by atoms with E-state index >= 15 is 0 Å². The zero-order valence-electron chi connectivity index (χ0n) is 21.5. The Balaban J connectivity index is 1.23. The van der Waals surface area contributed by atoms with Crippen molar-refractivity contribution in [1.82, 2.24) is 9.47 Å². The largest absolute Gasteiger partial charge is 0.454 e. The van der Waals surface area contributed by atoms with Crippen molar-refractivity contribution < 1.29 is 19.1 Å². The molecule has 1 saturated heterocycles. The maximum Gasteiger partial charge on any atom is 0.293 e. The summed E-state index contributed by atoms with van der Waals surface area (Å²) in [5.41, 5.74) is 6.18. The maximum atomic E-state index is 13.2. The number of hydrogen-bond donors (Lipinski definition) is 0. The molecule has 0 unspecified atom stereocenters. The van der Waals surface area contributed by atoms with Gasteiger partial charge in [0.2, 0.25) is 6.79 Å². The van der Waals surface area contributed by atoms with Crippen molar-refractivity contribution in [2.24, 2.45) is 0 Å². The predicted molar refractivity (Wildman–Crippen MR) is 150 cm³/mol. The van der Waals surface area contributed by atoms with Crippen LogP contribution in [-0.2, 0) is 11.3 Å². The highest BCUT2D eigenvalue weighted by atomic mass is 35.5. The van der Waals surface area contributed by atoms with Gasteiger partial charge in [-0.3, -0.25) is 14.5 Å². The molecule has 8 heteroatoms. The van der Waals surface area contributed by atoms with Crippen molar-refractivity contribution in [3.05, 3.63) is 80.5 Å². The van der Waals surface area contributed by atoms with E-state index in [2.05, 4.69) is 41.8 Å². The third-order valence-corrected chi connectivity index (χ3v) is 8.99. The summed E-state index contributed by atoms with van der Waals surface area (Å²) in [5.74, 6) is 1.47. The number of benzene rings is 2. The first-order chi connectivity index (χ1) is 18.4. The van der Waals surface area contributed by atoms with Crippen molar-refractivity contribution in [2.75, 3.05) is 6.79 Å². The second-order valence-corrected chi connectivity index (χ2v) is 11.6. The lowest BCUT2D eigenvalue weighted by molar-refractivity contribution is -0.123. The van der Waals surface area contributed by atoms with Crippen LogP contribution >= 0.6 is 23.4 Å². The maximum absolute atomic E-state index is 13.2. The Morgan fingerprint density at radius 1 is 1.00 bits per heavy atom. The molecular formula is C30H29ClN2O4S. The van der Waals surface area contributed by atoms with Gasteiger partial charge in [-0.25, -0.2) is 0 Å². The van der Waals surface area contributed by atoms with Crippen LogP contribution in [0.2, 0.25) is 5.02 Å². The number of halogens is 1. The van der Waals surface area contributed by atoms with Crippen LogP contribution in [0.15, 0.2) is 47.4 Å². The van der Waals surface area contributed by atoms with Crippen molar-refractivity contribution >= 4 is 40.6 Å². The molecule has 0 N–H and O–H groups in total. The van der Waals surface area contributed by atoms with Crippen molar-refractivity contribution in [3.8, 4) is 17.2 Å². The van der Waals surface area contributed by atoms with Gasteiger partial charge in [0.25, 0.3) is 11.1 Å². The summed E-state index contributed by atoms with van der Waals surface area (Å²) in [6, 6.07) is 14.4. The fourth-order valence-electron chi connectivity index (χ4n) is 5.69. The van der Waals surface area contributed by atoms with Gasteiger partial charge in [0, 0.05) is 28.2 Å². The quantitative estimate of drug-likeness (QED) is 0.305. The molecule has 2 aliphatic heterocycles. The van der Waals surface area contributed by atoms with E-state index in [9.17, 15) is 9.59 Å². The van der Waals surface area contributed by atoms with Gasteiger partial charge in [-0.15, -0.1) is 0 Å². The van der Waals surface area contributed by atoms with E-state index in [-0.39, 0.29) is 24.5 Å². The lowest BCUT2D eigenvalue weighted by Crippen LogP contribution is -2.27. The molecule has 0 bridgehead atoms. The van der Waals surface area contributed by atoms with E-state index in [4.69, 9.17) is 21.1 Å². The number of carbonyl (C=O) groups excluding carboxylic acids is 2. The fourth-order valence-corrected chi connectivity index (χ4v) is 6.73. The molecule has 3 heterocycles. The van der Waals surface area contributed by atoms with Crippen molar-refractivity contribution in [1.29, 1.82) is 0 Å². The third kappa shape index (κ3) is 4.63. The normalized spacial score (nSPS) is 18.7. The average Bonchev–Trinajstić information content (AvgIpc) is 3.56. The number of hydrogen-bond acceptors (Lipinski definition) is 5. The summed E-state index contributed by atoms with van der Waals surface area (Å²) in [5, 5.41) is 0.109. The monoisotopic (exact) mass is 548 g/mol. The van der Waals surface area contributed by atoms with Gasteiger partial charge in [-0.05, 0) is 91.4 Å². The number of carbonyl (C=O) groups is 2. The number of rotatable bonds is 5. The fraction of sp³-hybridized carbons (Fsp3) is 0.333. The second-order valence-electron chi connectivity index (χ2n) is 10.2. The molecule has 196 valence electrons. The van der Waals surface area contributed by atoms with Crippen LogP contribution in [0, 0.1) is 13.8 Å². The van der Waals surface area contributed by atoms with Gasteiger partial charge in [-0.1, -0.05) is 43.0 Å². The molecule has 1 aliphatic carbocycles. The lowest BCUT2D eigenvalue weighted by atomic mass is 9.84. The van der Waals surface area contributed by atoms with Gasteiger partial charge in [0.15, 0.2) is 11.5 Å². The minimum atomic E-state index is -0.324. The van der Waals surface area contributed by atoms with Crippen molar-refractivity contribution in [2.45, 2.75) is 58.4 Å². The first kappa shape index (κ1) is 25.1. The smallest absolute Gasteiger partial charge is 0.293 e. The molecular weight excluding hydrogens is 520 g/mol. The molecule has 1 saturated carbocycles. The van der Waals surface area contributed by atoms with E-state index in [1.807, 2.05) is 13.0 Å². The van der Waals surface area contributed by atoms with Crippen LogP contribution in [0.4, 0.5) is 4.79 Å². The zero-order valence-corrected chi connectivity index (χ0v) is 23.0. The van der Waals surface area contributed by atoms with Crippen LogP contribution in [0.5, 0.6) is 11.5 Å². The number of fused-ring (bicyclic) bond motifs is 1. The topological polar surface area (TPSA) is 60.8 Å². The Kier molecular flexibility index (Phi) is 6.74. The molecule has 6 rings (SSSR count). The summed E-state index contributed by atoms with van der Waals surface area (Å²) in [4.78, 5) is 27.7. The minimum Gasteiger partial charge on any atom is -0.454 e. The van der Waals surface area contributed by atoms with Gasteiger partial charge < -0.3 is 14.0 Å². The van der Waals surface area contributed by atoms with Crippen LogP contribution in [-0.4, -0.2) is 27.4 Å². The number of ether oxygens (including phenoxy) is 2. The summed E-state index contributed by atoms with van der Waals surface area (Å²) >= 11 is 7.35. The van der Waals surface area contributed by atoms with Gasteiger partial charge in [-0.2, -0.15) is 0 Å². The van der Waals surface area contributed by atoms with Crippen LogP contribution < -0.4 is 9.47 Å². The van der Waals surface area contributed by atoms with Crippen LogP contribution in [0.25, 0.3) is 11.8 Å². The average molecular weight is 549 g/mol. The van der Waals surface area contributed by atoms with Crippen molar-refractivity contribution in [3.63, 3.8) is 0 Å². The molecule has 2 fully saturated rings. The highest BCUT2D eigenvalue weighted by Crippen LogP contribution is 2.40. The van der Waals surface area contributed by atoms with Gasteiger partial charge in [0.1, 0.15) is 0 Å². The molecule has 38 heavy (non-hydrogen) atoms.